The molecule has 0 amide bonds. The summed E-state index contributed by atoms with van der Waals surface area (Å²) in [4.78, 5) is 3.35. The molecule has 0 fully saturated rings. The Morgan fingerprint density at radius 1 is 1.57 bits per heavy atom. The molecule has 0 aromatic heterocycles. The second kappa shape index (κ2) is 5.14. The summed E-state index contributed by atoms with van der Waals surface area (Å²) in [6.45, 7) is 3.18. The summed E-state index contributed by atoms with van der Waals surface area (Å²) >= 11 is 0. The normalized spacial score (nSPS) is 11.1. The molecule has 0 saturated heterocycles. The molecule has 1 rings (SSSR count). The van der Waals surface area contributed by atoms with Crippen LogP contribution in [0.2, 0.25) is 0 Å². The highest BCUT2D eigenvalue weighted by molar-refractivity contribution is 5.51. The summed E-state index contributed by atoms with van der Waals surface area (Å²) < 4.78 is 13.1. The Hall–Kier alpha value is -1.68. The fraction of sp³-hybridized carbons (Fsp3) is 0.100. The lowest BCUT2D eigenvalue weighted by molar-refractivity contribution is 0.609. The van der Waals surface area contributed by atoms with Crippen LogP contribution in [0.15, 0.2) is 41.3 Å². The van der Waals surface area contributed by atoms with Crippen LogP contribution in [-0.2, 0) is 6.42 Å². The van der Waals surface area contributed by atoms with Gasteiger partial charge in [-0.05, 0) is 18.3 Å². The van der Waals surface area contributed by atoms with Gasteiger partial charge >= 0.3 is 0 Å². The zero-order valence-corrected chi connectivity index (χ0v) is 7.70. The van der Waals surface area contributed by atoms with Crippen molar-refractivity contribution >= 4 is 12.4 Å². The molecular weight excluding hydrogens is 181 g/mol. The van der Waals surface area contributed by atoms with Crippen molar-refractivity contribution in [1.82, 2.24) is 0 Å². The average molecular weight is 193 g/mol. The number of halogens is 1. The maximum absolute atomic E-state index is 13.1. The van der Waals surface area contributed by atoms with Crippen molar-refractivity contribution in [3.8, 4) is 0 Å². The van der Waals surface area contributed by atoms with E-state index in [2.05, 4.69) is 17.1 Å². The van der Waals surface area contributed by atoms with Gasteiger partial charge in [0, 0.05) is 6.42 Å². The van der Waals surface area contributed by atoms with Gasteiger partial charge < -0.3 is 5.43 Å². The van der Waals surface area contributed by atoms with Crippen molar-refractivity contribution in [2.24, 2.45) is 10.8 Å². The van der Waals surface area contributed by atoms with Crippen molar-refractivity contribution in [2.45, 2.75) is 6.42 Å². The number of nitrogens with zero attached hydrogens (tertiary/aromatic N) is 1. The maximum Gasteiger partial charge on any atom is 0.123 e. The standard InChI is InChI=1S/C10H12FN3/c1-13-7-9(11)6-8-4-2-3-5-10(8)14-12/h2-5,7,14H,1,6,12H2/b9-7+. The predicted octanol–water partition coefficient (Wildman–Crippen LogP) is 2.03. The lowest BCUT2D eigenvalue weighted by Gasteiger charge is -2.06. The quantitative estimate of drug-likeness (QED) is 0.436. The summed E-state index contributed by atoms with van der Waals surface area (Å²) in [6.07, 6.45) is 1.26. The maximum atomic E-state index is 13.1. The predicted molar refractivity (Wildman–Crippen MR) is 56.7 cm³/mol. The van der Waals surface area contributed by atoms with Gasteiger partial charge in [0.1, 0.15) is 5.83 Å². The third kappa shape index (κ3) is 2.67. The third-order valence-electron chi connectivity index (χ3n) is 1.76. The molecule has 14 heavy (non-hydrogen) atoms. The van der Waals surface area contributed by atoms with Crippen LogP contribution in [0.3, 0.4) is 0 Å². The van der Waals surface area contributed by atoms with Crippen LogP contribution in [0.5, 0.6) is 0 Å². The smallest absolute Gasteiger partial charge is 0.123 e. The van der Waals surface area contributed by atoms with Gasteiger partial charge in [-0.25, -0.2) is 4.39 Å². The number of aliphatic imine (C=N–C) groups is 1. The molecule has 0 unspecified atom stereocenters. The third-order valence-corrected chi connectivity index (χ3v) is 1.76. The molecule has 4 heteroatoms. The molecular formula is C10H12FN3. The first kappa shape index (κ1) is 10.4. The van der Waals surface area contributed by atoms with Crippen LogP contribution in [0.1, 0.15) is 5.56 Å². The van der Waals surface area contributed by atoms with Crippen LogP contribution in [0.4, 0.5) is 10.1 Å². The number of para-hydroxylation sites is 1. The average Bonchev–Trinajstić information content (AvgIpc) is 2.19. The van der Waals surface area contributed by atoms with E-state index >= 15 is 0 Å². The Labute approximate surface area is 82.1 Å². The van der Waals surface area contributed by atoms with E-state index in [1.807, 2.05) is 12.1 Å². The van der Waals surface area contributed by atoms with Crippen LogP contribution < -0.4 is 11.3 Å². The topological polar surface area (TPSA) is 50.4 Å². The van der Waals surface area contributed by atoms with Crippen molar-refractivity contribution < 1.29 is 4.39 Å². The summed E-state index contributed by atoms with van der Waals surface area (Å²) in [5, 5.41) is 0. The molecule has 0 aliphatic carbocycles. The molecule has 0 aliphatic heterocycles. The highest BCUT2D eigenvalue weighted by Crippen LogP contribution is 2.18. The fourth-order valence-electron chi connectivity index (χ4n) is 1.14. The zero-order valence-electron chi connectivity index (χ0n) is 7.70. The van der Waals surface area contributed by atoms with Crippen molar-refractivity contribution in [1.29, 1.82) is 0 Å². The summed E-state index contributed by atoms with van der Waals surface area (Å²) in [7, 11) is 0. The first-order chi connectivity index (χ1) is 6.77. The summed E-state index contributed by atoms with van der Waals surface area (Å²) in [5.74, 6) is 4.93. The lowest BCUT2D eigenvalue weighted by Crippen LogP contribution is -2.09. The molecule has 3 nitrogen and oxygen atoms in total. The van der Waals surface area contributed by atoms with Gasteiger partial charge in [-0.1, -0.05) is 18.2 Å². The minimum absolute atomic E-state index is 0.166. The number of hydrogen-bond acceptors (Lipinski definition) is 3. The van der Waals surface area contributed by atoms with Crippen molar-refractivity contribution in [2.75, 3.05) is 5.43 Å². The first-order valence-electron chi connectivity index (χ1n) is 4.13. The number of anilines is 1. The number of benzene rings is 1. The number of rotatable bonds is 4. The van der Waals surface area contributed by atoms with Gasteiger partial charge in [0.05, 0.1) is 11.9 Å². The molecule has 74 valence electrons. The van der Waals surface area contributed by atoms with Crippen molar-refractivity contribution in [3.63, 3.8) is 0 Å². The van der Waals surface area contributed by atoms with E-state index in [0.717, 1.165) is 11.8 Å². The van der Waals surface area contributed by atoms with Crippen LogP contribution in [0, 0.1) is 0 Å². The van der Waals surface area contributed by atoms with Gasteiger partial charge in [0.15, 0.2) is 0 Å². The molecule has 0 radical (unpaired) electrons. The van der Waals surface area contributed by atoms with E-state index in [0.29, 0.717) is 5.69 Å². The van der Waals surface area contributed by atoms with E-state index in [1.165, 1.54) is 0 Å². The number of allylic oxidation sites excluding steroid dienone is 1. The van der Waals surface area contributed by atoms with Gasteiger partial charge in [0.25, 0.3) is 0 Å². The van der Waals surface area contributed by atoms with E-state index in [1.54, 1.807) is 12.1 Å². The second-order valence-corrected chi connectivity index (χ2v) is 2.74. The Bertz CT molecular complexity index is 347. The van der Waals surface area contributed by atoms with E-state index < -0.39 is 0 Å². The van der Waals surface area contributed by atoms with Gasteiger partial charge in [-0.15, -0.1) is 0 Å². The number of hydrogen-bond donors (Lipinski definition) is 2. The van der Waals surface area contributed by atoms with Gasteiger partial charge in [0.2, 0.25) is 0 Å². The summed E-state index contributed by atoms with van der Waals surface area (Å²) in [5.41, 5.74) is 4.00. The Balaban J connectivity index is 2.85. The van der Waals surface area contributed by atoms with E-state index in [9.17, 15) is 4.39 Å². The molecule has 1 aromatic carbocycles. The van der Waals surface area contributed by atoms with E-state index in [-0.39, 0.29) is 12.2 Å². The molecule has 1 aromatic rings. The Morgan fingerprint density at radius 3 is 2.93 bits per heavy atom. The molecule has 0 spiro atoms. The SMILES string of the molecule is C=N/C=C(/F)Cc1ccccc1NN. The van der Waals surface area contributed by atoms with Gasteiger partial charge in [-0.2, -0.15) is 0 Å². The highest BCUT2D eigenvalue weighted by atomic mass is 19.1. The summed E-state index contributed by atoms with van der Waals surface area (Å²) in [6, 6.07) is 7.23. The monoisotopic (exact) mass is 193 g/mol. The number of nitrogen functional groups attached to an aromatic ring is 1. The second-order valence-electron chi connectivity index (χ2n) is 2.74. The van der Waals surface area contributed by atoms with Crippen LogP contribution >= 0.6 is 0 Å². The minimum atomic E-state index is -0.345. The van der Waals surface area contributed by atoms with Crippen LogP contribution in [-0.4, -0.2) is 6.72 Å². The van der Waals surface area contributed by atoms with Gasteiger partial charge in [-0.3, -0.25) is 10.8 Å². The Morgan fingerprint density at radius 2 is 2.29 bits per heavy atom. The molecule has 0 aliphatic rings. The number of nitrogens with one attached hydrogen (secondary N) is 1. The first-order valence-corrected chi connectivity index (χ1v) is 4.13. The largest absolute Gasteiger partial charge is 0.324 e. The highest BCUT2D eigenvalue weighted by Gasteiger charge is 2.02. The molecule has 0 heterocycles. The Kier molecular flexibility index (Phi) is 3.82. The fourth-order valence-corrected chi connectivity index (χ4v) is 1.14. The van der Waals surface area contributed by atoms with Crippen molar-refractivity contribution in [3.05, 3.63) is 41.9 Å². The molecule has 3 N–H and O–H groups in total. The molecule has 0 atom stereocenters. The number of hydrazine groups is 1. The van der Waals surface area contributed by atoms with Crippen LogP contribution in [0.25, 0.3) is 0 Å². The lowest BCUT2D eigenvalue weighted by atomic mass is 10.1. The van der Waals surface area contributed by atoms with E-state index in [4.69, 9.17) is 5.84 Å². The molecule has 0 saturated carbocycles. The number of nitrogens with two attached hydrogens (primary N) is 1. The molecule has 0 bridgehead atoms. The minimum Gasteiger partial charge on any atom is -0.324 e. The zero-order chi connectivity index (χ0) is 10.4.